The van der Waals surface area contributed by atoms with Crippen molar-refractivity contribution in [2.75, 3.05) is 5.73 Å². The van der Waals surface area contributed by atoms with Gasteiger partial charge in [0.25, 0.3) is 0 Å². The van der Waals surface area contributed by atoms with E-state index in [2.05, 4.69) is 32.6 Å². The number of anilines is 1. The molecule has 24 heavy (non-hydrogen) atoms. The first-order valence-corrected chi connectivity index (χ1v) is 8.34. The number of fused-ring (bicyclic) bond motifs is 1. The molecule has 0 amide bonds. The van der Waals surface area contributed by atoms with E-state index in [-0.39, 0.29) is 5.82 Å². The van der Waals surface area contributed by atoms with Crippen LogP contribution in [0.15, 0.2) is 61.2 Å². The average Bonchev–Trinajstić information content (AvgIpc) is 2.92. The molecule has 1 aromatic carbocycles. The molecule has 0 radical (unpaired) electrons. The lowest BCUT2D eigenvalue weighted by atomic mass is 10.1. The van der Waals surface area contributed by atoms with Crippen LogP contribution in [0.4, 0.5) is 10.2 Å². The molecule has 0 unspecified atom stereocenters. The molecule has 0 aliphatic carbocycles. The second-order valence-corrected chi connectivity index (χ2v) is 6.44. The summed E-state index contributed by atoms with van der Waals surface area (Å²) in [5.74, 6) is 0.239. The van der Waals surface area contributed by atoms with Crippen molar-refractivity contribution in [3.05, 3.63) is 70.6 Å². The Bertz CT molecular complexity index is 1040. The van der Waals surface area contributed by atoms with Gasteiger partial charge in [-0.15, -0.1) is 0 Å². The summed E-state index contributed by atoms with van der Waals surface area (Å²) >= 11 is 2.29. The van der Waals surface area contributed by atoms with Gasteiger partial charge in [-0.05, 0) is 59.0 Å². The second kappa shape index (κ2) is 5.86. The Kier molecular flexibility index (Phi) is 3.68. The number of nitrogen functional groups attached to an aromatic ring is 1. The summed E-state index contributed by atoms with van der Waals surface area (Å²) in [5, 5.41) is 0. The smallest absolute Gasteiger partial charge is 0.131 e. The molecule has 0 aliphatic rings. The van der Waals surface area contributed by atoms with Crippen LogP contribution < -0.4 is 5.73 Å². The Hall–Kier alpha value is -2.48. The number of rotatable bonds is 2. The van der Waals surface area contributed by atoms with Gasteiger partial charge in [0.1, 0.15) is 11.6 Å². The maximum atomic E-state index is 13.1. The highest BCUT2D eigenvalue weighted by Gasteiger charge is 2.14. The Morgan fingerprint density at radius 3 is 2.54 bits per heavy atom. The molecule has 4 aromatic rings. The number of hydrogen-bond donors (Lipinski definition) is 1. The number of halogens is 2. The van der Waals surface area contributed by atoms with Gasteiger partial charge in [-0.2, -0.15) is 0 Å². The first-order chi connectivity index (χ1) is 11.6. The number of benzene rings is 1. The van der Waals surface area contributed by atoms with Crippen LogP contribution in [0.2, 0.25) is 0 Å². The standard InChI is InChI=1S/C18H12FIN4/c19-12-5-3-11(4-6-12)15-10-24-9-14(17(20)16(24)8-23-15)13-2-1-7-22-18(13)21/h1-10H,(H2,21,22). The number of nitrogens with two attached hydrogens (primary N) is 1. The predicted molar refractivity (Wildman–Crippen MR) is 101 cm³/mol. The summed E-state index contributed by atoms with van der Waals surface area (Å²) in [4.78, 5) is 8.66. The summed E-state index contributed by atoms with van der Waals surface area (Å²) in [6.45, 7) is 0. The number of aromatic nitrogens is 3. The molecular weight excluding hydrogens is 418 g/mol. The van der Waals surface area contributed by atoms with Gasteiger partial charge in [0.2, 0.25) is 0 Å². The van der Waals surface area contributed by atoms with E-state index >= 15 is 0 Å². The van der Waals surface area contributed by atoms with Gasteiger partial charge in [0.05, 0.1) is 17.4 Å². The summed E-state index contributed by atoms with van der Waals surface area (Å²) in [6, 6.07) is 10.1. The molecule has 3 aromatic heterocycles. The zero-order valence-electron chi connectivity index (χ0n) is 12.4. The lowest BCUT2D eigenvalue weighted by Gasteiger charge is -2.02. The summed E-state index contributed by atoms with van der Waals surface area (Å²) < 4.78 is 16.2. The summed E-state index contributed by atoms with van der Waals surface area (Å²) in [5.41, 5.74) is 10.5. The van der Waals surface area contributed by atoms with Crippen molar-refractivity contribution in [3.8, 4) is 22.4 Å². The minimum Gasteiger partial charge on any atom is -0.383 e. The molecular formula is C18H12FIN4. The van der Waals surface area contributed by atoms with Crippen molar-refractivity contribution >= 4 is 33.9 Å². The Labute approximate surface area is 151 Å². The number of pyridine rings is 1. The molecule has 0 aliphatic heterocycles. The maximum Gasteiger partial charge on any atom is 0.131 e. The van der Waals surface area contributed by atoms with Crippen LogP contribution in [0.5, 0.6) is 0 Å². The molecule has 0 saturated carbocycles. The molecule has 118 valence electrons. The van der Waals surface area contributed by atoms with E-state index in [1.807, 2.05) is 35.1 Å². The minimum absolute atomic E-state index is 0.260. The van der Waals surface area contributed by atoms with Gasteiger partial charge in [0, 0.05) is 38.9 Å². The molecule has 0 spiro atoms. The van der Waals surface area contributed by atoms with Gasteiger partial charge in [0.15, 0.2) is 0 Å². The van der Waals surface area contributed by atoms with Gasteiger partial charge in [-0.1, -0.05) is 0 Å². The van der Waals surface area contributed by atoms with E-state index in [1.54, 1.807) is 18.3 Å². The van der Waals surface area contributed by atoms with Crippen molar-refractivity contribution in [2.24, 2.45) is 0 Å². The van der Waals surface area contributed by atoms with Crippen LogP contribution in [0.3, 0.4) is 0 Å². The van der Waals surface area contributed by atoms with Crippen molar-refractivity contribution in [1.82, 2.24) is 14.4 Å². The third-order valence-corrected chi connectivity index (χ3v) is 5.00. The van der Waals surface area contributed by atoms with Crippen LogP contribution in [-0.4, -0.2) is 14.4 Å². The van der Waals surface area contributed by atoms with Crippen molar-refractivity contribution in [2.45, 2.75) is 0 Å². The maximum absolute atomic E-state index is 13.1. The zero-order valence-corrected chi connectivity index (χ0v) is 14.6. The average molecular weight is 430 g/mol. The van der Waals surface area contributed by atoms with Gasteiger partial charge in [-0.3, -0.25) is 4.98 Å². The van der Waals surface area contributed by atoms with Crippen LogP contribution in [0.1, 0.15) is 0 Å². The quantitative estimate of drug-likeness (QED) is 0.480. The lowest BCUT2D eigenvalue weighted by Crippen LogP contribution is -1.92. The molecule has 4 nitrogen and oxygen atoms in total. The minimum atomic E-state index is -0.260. The highest BCUT2D eigenvalue weighted by atomic mass is 127. The molecule has 0 atom stereocenters. The molecule has 2 N–H and O–H groups in total. The summed E-state index contributed by atoms with van der Waals surface area (Å²) in [7, 11) is 0. The van der Waals surface area contributed by atoms with E-state index in [0.717, 1.165) is 31.5 Å². The van der Waals surface area contributed by atoms with Crippen molar-refractivity contribution in [3.63, 3.8) is 0 Å². The van der Waals surface area contributed by atoms with Gasteiger partial charge in [-0.25, -0.2) is 9.37 Å². The topological polar surface area (TPSA) is 56.2 Å². The number of hydrogen-bond acceptors (Lipinski definition) is 3. The second-order valence-electron chi connectivity index (χ2n) is 5.36. The Morgan fingerprint density at radius 1 is 1.00 bits per heavy atom. The number of nitrogens with zero attached hydrogens (tertiary/aromatic N) is 3. The van der Waals surface area contributed by atoms with Crippen LogP contribution >= 0.6 is 22.6 Å². The van der Waals surface area contributed by atoms with E-state index < -0.39 is 0 Å². The molecule has 6 heteroatoms. The van der Waals surface area contributed by atoms with E-state index in [0.29, 0.717) is 5.82 Å². The predicted octanol–water partition coefficient (Wildman–Crippen LogP) is 4.39. The Morgan fingerprint density at radius 2 is 1.79 bits per heavy atom. The molecule has 0 fully saturated rings. The first kappa shape index (κ1) is 15.1. The van der Waals surface area contributed by atoms with E-state index in [4.69, 9.17) is 5.73 Å². The van der Waals surface area contributed by atoms with Gasteiger partial charge >= 0.3 is 0 Å². The van der Waals surface area contributed by atoms with Crippen LogP contribution in [0.25, 0.3) is 27.9 Å². The van der Waals surface area contributed by atoms with Crippen molar-refractivity contribution in [1.29, 1.82) is 0 Å². The fourth-order valence-corrected chi connectivity index (χ4v) is 3.49. The van der Waals surface area contributed by atoms with E-state index in [9.17, 15) is 4.39 Å². The van der Waals surface area contributed by atoms with Crippen molar-refractivity contribution < 1.29 is 4.39 Å². The lowest BCUT2D eigenvalue weighted by molar-refractivity contribution is 0.628. The van der Waals surface area contributed by atoms with Crippen LogP contribution in [-0.2, 0) is 0 Å². The molecule has 4 rings (SSSR count). The fraction of sp³-hybridized carbons (Fsp3) is 0. The summed E-state index contributed by atoms with van der Waals surface area (Å²) in [6.07, 6.45) is 7.44. The van der Waals surface area contributed by atoms with E-state index in [1.165, 1.54) is 12.1 Å². The largest absolute Gasteiger partial charge is 0.383 e. The first-order valence-electron chi connectivity index (χ1n) is 7.26. The Balaban J connectivity index is 1.87. The molecule has 0 bridgehead atoms. The molecule has 3 heterocycles. The zero-order chi connectivity index (χ0) is 16.7. The fourth-order valence-electron chi connectivity index (χ4n) is 2.65. The normalized spacial score (nSPS) is 11.1. The molecule has 0 saturated heterocycles. The van der Waals surface area contributed by atoms with Crippen LogP contribution in [0, 0.1) is 9.39 Å². The third kappa shape index (κ3) is 2.52. The SMILES string of the molecule is Nc1ncccc1-c1cn2cc(-c3ccc(F)cc3)ncc2c1I. The third-order valence-electron chi connectivity index (χ3n) is 3.86. The highest BCUT2D eigenvalue weighted by Crippen LogP contribution is 2.33. The van der Waals surface area contributed by atoms with Gasteiger partial charge < -0.3 is 10.1 Å². The monoisotopic (exact) mass is 430 g/mol. The highest BCUT2D eigenvalue weighted by molar-refractivity contribution is 14.1.